The summed E-state index contributed by atoms with van der Waals surface area (Å²) >= 11 is 1.86. The molecule has 0 aromatic heterocycles. The molecule has 0 aliphatic carbocycles. The van der Waals surface area contributed by atoms with Gasteiger partial charge < -0.3 is 0 Å². The van der Waals surface area contributed by atoms with Gasteiger partial charge >= 0.3 is 0 Å². The summed E-state index contributed by atoms with van der Waals surface area (Å²) in [5, 5.41) is 0. The largest absolute Gasteiger partial charge is 0.271 e. The quantitative estimate of drug-likeness (QED) is 0.481. The molecule has 1 atom stereocenters. The third-order valence-electron chi connectivity index (χ3n) is 3.32. The van der Waals surface area contributed by atoms with Gasteiger partial charge in [0.1, 0.15) is 0 Å². The molecular formula is C17H22N2S. The van der Waals surface area contributed by atoms with Crippen molar-refractivity contribution >= 4 is 11.8 Å². The Morgan fingerprint density at radius 2 is 1.90 bits per heavy atom. The molecule has 3 N–H and O–H groups in total. The fourth-order valence-electron chi connectivity index (χ4n) is 2.31. The number of hydrogen-bond acceptors (Lipinski definition) is 3. The average molecular weight is 286 g/mol. The maximum Gasteiger partial charge on any atom is 0.0500 e. The number of thioether (sulfide) groups is 1. The molecule has 0 fully saturated rings. The zero-order valence-corrected chi connectivity index (χ0v) is 12.9. The number of nitrogens with two attached hydrogens (primary N) is 1. The molecule has 20 heavy (non-hydrogen) atoms. The van der Waals surface area contributed by atoms with Crippen molar-refractivity contribution in [3.05, 3.63) is 65.2 Å². The second kappa shape index (κ2) is 7.48. The van der Waals surface area contributed by atoms with E-state index in [4.69, 9.17) is 5.84 Å². The van der Waals surface area contributed by atoms with Gasteiger partial charge in [-0.05, 0) is 42.4 Å². The lowest BCUT2D eigenvalue weighted by Crippen LogP contribution is -2.29. The summed E-state index contributed by atoms with van der Waals surface area (Å²) in [5.41, 5.74) is 6.75. The normalized spacial score (nSPS) is 12.3. The number of aryl methyl sites for hydroxylation is 1. The Morgan fingerprint density at radius 3 is 2.50 bits per heavy atom. The van der Waals surface area contributed by atoms with Crippen LogP contribution in [0, 0.1) is 6.92 Å². The van der Waals surface area contributed by atoms with E-state index < -0.39 is 0 Å². The van der Waals surface area contributed by atoms with Crippen LogP contribution in [0.15, 0.2) is 53.4 Å². The van der Waals surface area contributed by atoms with E-state index in [1.54, 1.807) is 0 Å². The summed E-state index contributed by atoms with van der Waals surface area (Å²) in [5.74, 6) is 6.83. The first-order valence-electron chi connectivity index (χ1n) is 6.97. The highest BCUT2D eigenvalue weighted by Gasteiger charge is 2.10. The van der Waals surface area contributed by atoms with Crippen LogP contribution in [0.5, 0.6) is 0 Å². The third-order valence-corrected chi connectivity index (χ3v) is 4.21. The smallest absolute Gasteiger partial charge is 0.0500 e. The van der Waals surface area contributed by atoms with Crippen molar-refractivity contribution in [1.82, 2.24) is 5.43 Å². The predicted molar refractivity (Wildman–Crippen MR) is 87.8 cm³/mol. The van der Waals surface area contributed by atoms with E-state index in [9.17, 15) is 0 Å². The molecule has 106 valence electrons. The van der Waals surface area contributed by atoms with Crippen LogP contribution in [-0.2, 0) is 6.42 Å². The van der Waals surface area contributed by atoms with Crippen molar-refractivity contribution in [1.29, 1.82) is 0 Å². The Kier molecular flexibility index (Phi) is 5.65. The van der Waals surface area contributed by atoms with E-state index in [2.05, 4.69) is 67.8 Å². The zero-order chi connectivity index (χ0) is 14.4. The summed E-state index contributed by atoms with van der Waals surface area (Å²) in [6.07, 6.45) is 0.901. The fraction of sp³-hybridized carbons (Fsp3) is 0.294. The summed E-state index contributed by atoms with van der Waals surface area (Å²) in [6, 6.07) is 17.4. The standard InChI is InChI=1S/C17H22N2S/c1-3-20-16-9-7-15(8-10-16)17(19-18)12-14-6-4-5-13(2)11-14/h4-11,17,19H,3,12,18H2,1-2H3. The van der Waals surface area contributed by atoms with Gasteiger partial charge in [-0.2, -0.15) is 0 Å². The van der Waals surface area contributed by atoms with Crippen LogP contribution in [0.1, 0.15) is 29.7 Å². The lowest BCUT2D eigenvalue weighted by molar-refractivity contribution is 0.551. The minimum atomic E-state index is 0.150. The molecular weight excluding hydrogens is 264 g/mol. The van der Waals surface area contributed by atoms with Crippen LogP contribution in [0.2, 0.25) is 0 Å². The van der Waals surface area contributed by atoms with Crippen molar-refractivity contribution in [2.45, 2.75) is 31.2 Å². The second-order valence-corrected chi connectivity index (χ2v) is 6.25. The highest BCUT2D eigenvalue weighted by molar-refractivity contribution is 7.99. The van der Waals surface area contributed by atoms with Gasteiger partial charge in [-0.25, -0.2) is 0 Å². The molecule has 2 aromatic rings. The van der Waals surface area contributed by atoms with E-state index >= 15 is 0 Å². The number of benzene rings is 2. The molecule has 3 heteroatoms. The SMILES string of the molecule is CCSc1ccc(C(Cc2cccc(C)c2)NN)cc1. The van der Waals surface area contributed by atoms with Crippen LogP contribution < -0.4 is 11.3 Å². The molecule has 0 radical (unpaired) electrons. The van der Waals surface area contributed by atoms with Crippen molar-refractivity contribution < 1.29 is 0 Å². The van der Waals surface area contributed by atoms with Crippen molar-refractivity contribution in [3.8, 4) is 0 Å². The van der Waals surface area contributed by atoms with Gasteiger partial charge in [0.15, 0.2) is 0 Å². The molecule has 2 nitrogen and oxygen atoms in total. The molecule has 0 saturated heterocycles. The molecule has 2 rings (SSSR count). The topological polar surface area (TPSA) is 38.0 Å². The minimum absolute atomic E-state index is 0.150. The maximum absolute atomic E-state index is 5.73. The maximum atomic E-state index is 5.73. The molecule has 0 aliphatic heterocycles. The van der Waals surface area contributed by atoms with Crippen LogP contribution in [0.4, 0.5) is 0 Å². The first-order valence-corrected chi connectivity index (χ1v) is 7.96. The van der Waals surface area contributed by atoms with E-state index in [0.717, 1.165) is 12.2 Å². The van der Waals surface area contributed by atoms with Crippen LogP contribution in [0.25, 0.3) is 0 Å². The van der Waals surface area contributed by atoms with Gasteiger partial charge in [-0.15, -0.1) is 11.8 Å². The Bertz CT molecular complexity index is 537. The summed E-state index contributed by atoms with van der Waals surface area (Å²) in [7, 11) is 0. The summed E-state index contributed by atoms with van der Waals surface area (Å²) in [4.78, 5) is 1.31. The molecule has 0 heterocycles. The zero-order valence-electron chi connectivity index (χ0n) is 12.1. The highest BCUT2D eigenvalue weighted by Crippen LogP contribution is 2.23. The van der Waals surface area contributed by atoms with Crippen LogP contribution >= 0.6 is 11.8 Å². The Morgan fingerprint density at radius 1 is 1.15 bits per heavy atom. The number of hydrogen-bond donors (Lipinski definition) is 2. The Labute approximate surface area is 125 Å². The molecule has 1 unspecified atom stereocenters. The number of rotatable bonds is 6. The first kappa shape index (κ1) is 15.1. The van der Waals surface area contributed by atoms with Crippen LogP contribution in [-0.4, -0.2) is 5.75 Å². The van der Waals surface area contributed by atoms with E-state index in [1.165, 1.54) is 21.6 Å². The molecule has 0 spiro atoms. The van der Waals surface area contributed by atoms with E-state index in [1.807, 2.05) is 11.8 Å². The van der Waals surface area contributed by atoms with Gasteiger partial charge in [0, 0.05) is 10.9 Å². The molecule has 0 bridgehead atoms. The lowest BCUT2D eigenvalue weighted by atomic mass is 9.98. The van der Waals surface area contributed by atoms with Crippen molar-refractivity contribution in [2.24, 2.45) is 5.84 Å². The minimum Gasteiger partial charge on any atom is -0.271 e. The van der Waals surface area contributed by atoms with Gasteiger partial charge in [-0.1, -0.05) is 48.9 Å². The molecule has 2 aromatic carbocycles. The first-order chi connectivity index (χ1) is 9.72. The van der Waals surface area contributed by atoms with Crippen molar-refractivity contribution in [2.75, 3.05) is 5.75 Å². The third kappa shape index (κ3) is 4.10. The highest BCUT2D eigenvalue weighted by atomic mass is 32.2. The second-order valence-electron chi connectivity index (χ2n) is 4.91. The van der Waals surface area contributed by atoms with Gasteiger partial charge in [-0.3, -0.25) is 11.3 Å². The van der Waals surface area contributed by atoms with E-state index in [-0.39, 0.29) is 6.04 Å². The number of hydrazine groups is 1. The monoisotopic (exact) mass is 286 g/mol. The lowest BCUT2D eigenvalue weighted by Gasteiger charge is -2.17. The Hall–Kier alpha value is -1.29. The molecule has 0 aliphatic rings. The summed E-state index contributed by atoms with van der Waals surface area (Å²) < 4.78 is 0. The Balaban J connectivity index is 2.11. The molecule has 0 saturated carbocycles. The van der Waals surface area contributed by atoms with Crippen LogP contribution in [0.3, 0.4) is 0 Å². The van der Waals surface area contributed by atoms with E-state index in [0.29, 0.717) is 0 Å². The van der Waals surface area contributed by atoms with Crippen molar-refractivity contribution in [3.63, 3.8) is 0 Å². The predicted octanol–water partition coefficient (Wildman–Crippen LogP) is 3.85. The molecule has 0 amide bonds. The fourth-order valence-corrected chi connectivity index (χ4v) is 2.97. The number of nitrogens with one attached hydrogen (secondary N) is 1. The van der Waals surface area contributed by atoms with Gasteiger partial charge in [0.2, 0.25) is 0 Å². The average Bonchev–Trinajstić information content (AvgIpc) is 2.46. The summed E-state index contributed by atoms with van der Waals surface area (Å²) in [6.45, 7) is 4.28. The van der Waals surface area contributed by atoms with Gasteiger partial charge in [0.25, 0.3) is 0 Å². The van der Waals surface area contributed by atoms with Gasteiger partial charge in [0.05, 0.1) is 0 Å².